The normalized spacial score (nSPS) is 21.1. The molecule has 0 aromatic heterocycles. The number of nitrogens with one attached hydrogen (secondary N) is 4. The van der Waals surface area contributed by atoms with Gasteiger partial charge in [-0.1, -0.05) is 106 Å². The monoisotopic (exact) mass is 681 g/mol. The molecular weight excluding hydrogens is 630 g/mol. The standard InChI is InChI=1S/C40H51N5O5/c1-39(2,3)25-42-34(46)23-31(35-40(26-50-35,38(41)49)43-24-28-15-8-5-9-16-28)36(47)45-33(22-21-27-13-6-4-7-14-27)37(48)44-32-20-12-18-29-17-10-11-19-30(29)32/h4-11,13-17,19,31-33,35,43H,12,18,20-26H2,1-3H3,(H2,41,49)(H,42,46)(H,44,48)(H,45,47)/t31-,32+,33-,35?,40?/m0/s1. The molecule has 4 amide bonds. The Morgan fingerprint density at radius 2 is 1.56 bits per heavy atom. The topological polar surface area (TPSA) is 152 Å². The lowest BCUT2D eigenvalue weighted by Crippen LogP contribution is -2.76. The molecule has 2 aliphatic rings. The zero-order chi connectivity index (χ0) is 35.7. The van der Waals surface area contributed by atoms with E-state index in [0.717, 1.165) is 36.0 Å². The summed E-state index contributed by atoms with van der Waals surface area (Å²) in [4.78, 5) is 54.9. The molecule has 1 fully saturated rings. The van der Waals surface area contributed by atoms with Crippen LogP contribution in [0, 0.1) is 11.3 Å². The van der Waals surface area contributed by atoms with Crippen LogP contribution in [0.2, 0.25) is 0 Å². The lowest BCUT2D eigenvalue weighted by Gasteiger charge is -2.50. The zero-order valence-electron chi connectivity index (χ0n) is 29.4. The summed E-state index contributed by atoms with van der Waals surface area (Å²) in [6.07, 6.45) is 2.28. The SMILES string of the molecule is CC(C)(C)CNC(=O)C[C@H](C(=O)N[C@@H](CCc1ccccc1)C(=O)N[C@@H]1CCCc2ccccc21)C1OCC1(NCc1ccccc1)C(N)=O. The Morgan fingerprint density at radius 3 is 2.20 bits per heavy atom. The number of fused-ring (bicyclic) bond motifs is 1. The van der Waals surface area contributed by atoms with E-state index in [1.54, 1.807) is 0 Å². The number of amides is 4. The number of aryl methyl sites for hydroxylation is 2. The molecular formula is C40H51N5O5. The molecule has 1 aliphatic heterocycles. The van der Waals surface area contributed by atoms with E-state index < -0.39 is 35.4 Å². The maximum absolute atomic E-state index is 14.4. The van der Waals surface area contributed by atoms with Gasteiger partial charge in [0.15, 0.2) is 0 Å². The van der Waals surface area contributed by atoms with Gasteiger partial charge in [0.05, 0.1) is 24.7 Å². The van der Waals surface area contributed by atoms with Crippen LogP contribution in [0.1, 0.15) is 74.8 Å². The maximum Gasteiger partial charge on any atom is 0.243 e. The van der Waals surface area contributed by atoms with Crippen LogP contribution in [0.25, 0.3) is 0 Å². The molecule has 3 aromatic rings. The molecule has 0 radical (unpaired) electrons. The van der Waals surface area contributed by atoms with Gasteiger partial charge in [0.2, 0.25) is 23.6 Å². The van der Waals surface area contributed by atoms with E-state index in [-0.39, 0.29) is 36.3 Å². The highest BCUT2D eigenvalue weighted by Gasteiger charge is 2.58. The highest BCUT2D eigenvalue weighted by atomic mass is 16.5. The molecule has 1 aliphatic carbocycles. The Hall–Kier alpha value is -4.54. The van der Waals surface area contributed by atoms with E-state index in [0.29, 0.717) is 25.9 Å². The minimum atomic E-state index is -1.39. The number of carbonyl (C=O) groups excluding carboxylic acids is 4. The molecule has 1 heterocycles. The summed E-state index contributed by atoms with van der Waals surface area (Å²) in [5.41, 5.74) is 8.67. The smallest absolute Gasteiger partial charge is 0.243 e. The van der Waals surface area contributed by atoms with Crippen molar-refractivity contribution in [2.45, 2.75) is 89.6 Å². The number of carbonyl (C=O) groups is 4. The van der Waals surface area contributed by atoms with E-state index >= 15 is 0 Å². The largest absolute Gasteiger partial charge is 0.372 e. The predicted molar refractivity (Wildman–Crippen MR) is 192 cm³/mol. The van der Waals surface area contributed by atoms with Crippen molar-refractivity contribution >= 4 is 23.6 Å². The minimum absolute atomic E-state index is 0.0494. The average molecular weight is 682 g/mol. The third kappa shape index (κ3) is 9.37. The fourth-order valence-electron chi connectivity index (χ4n) is 6.76. The van der Waals surface area contributed by atoms with E-state index in [1.807, 2.05) is 99.6 Å². The lowest BCUT2D eigenvalue weighted by molar-refractivity contribution is -0.189. The van der Waals surface area contributed by atoms with Crippen LogP contribution in [0.5, 0.6) is 0 Å². The fourth-order valence-corrected chi connectivity index (χ4v) is 6.76. The van der Waals surface area contributed by atoms with E-state index in [1.165, 1.54) is 5.56 Å². The van der Waals surface area contributed by atoms with Gasteiger partial charge in [0, 0.05) is 19.5 Å². The summed E-state index contributed by atoms with van der Waals surface area (Å²) in [7, 11) is 0. The van der Waals surface area contributed by atoms with Crippen LogP contribution in [-0.2, 0) is 43.3 Å². The van der Waals surface area contributed by atoms with Gasteiger partial charge >= 0.3 is 0 Å². The number of hydrogen-bond acceptors (Lipinski definition) is 6. The summed E-state index contributed by atoms with van der Waals surface area (Å²) in [5, 5.41) is 12.4. The first-order chi connectivity index (χ1) is 23.9. The first-order valence-corrected chi connectivity index (χ1v) is 17.6. The van der Waals surface area contributed by atoms with Crippen molar-refractivity contribution in [3.8, 4) is 0 Å². The number of nitrogens with two attached hydrogens (primary N) is 1. The van der Waals surface area contributed by atoms with Crippen LogP contribution in [0.4, 0.5) is 0 Å². The molecule has 266 valence electrons. The molecule has 5 atom stereocenters. The van der Waals surface area contributed by atoms with Crippen LogP contribution < -0.4 is 27.0 Å². The fraction of sp³-hybridized carbons (Fsp3) is 0.450. The third-order valence-electron chi connectivity index (χ3n) is 9.67. The van der Waals surface area contributed by atoms with Crippen molar-refractivity contribution in [3.63, 3.8) is 0 Å². The zero-order valence-corrected chi connectivity index (χ0v) is 29.4. The van der Waals surface area contributed by atoms with Crippen LogP contribution in [0.15, 0.2) is 84.9 Å². The average Bonchev–Trinajstić information content (AvgIpc) is 3.09. The van der Waals surface area contributed by atoms with Crippen LogP contribution in [0.3, 0.4) is 0 Å². The van der Waals surface area contributed by atoms with Gasteiger partial charge in [-0.15, -0.1) is 0 Å². The van der Waals surface area contributed by atoms with E-state index in [4.69, 9.17) is 10.5 Å². The van der Waals surface area contributed by atoms with Crippen LogP contribution >= 0.6 is 0 Å². The van der Waals surface area contributed by atoms with Gasteiger partial charge in [-0.2, -0.15) is 0 Å². The van der Waals surface area contributed by atoms with Crippen LogP contribution in [-0.4, -0.2) is 54.5 Å². The highest BCUT2D eigenvalue weighted by Crippen LogP contribution is 2.35. The Kier molecular flexibility index (Phi) is 12.1. The second kappa shape index (κ2) is 16.4. The maximum atomic E-state index is 14.4. The summed E-state index contributed by atoms with van der Waals surface area (Å²) < 4.78 is 5.95. The summed E-state index contributed by atoms with van der Waals surface area (Å²) in [5.74, 6) is -3.00. The van der Waals surface area contributed by atoms with Gasteiger partial charge in [0.25, 0.3) is 0 Å². The Balaban J connectivity index is 1.39. The van der Waals surface area contributed by atoms with Crippen molar-refractivity contribution in [1.82, 2.24) is 21.3 Å². The third-order valence-corrected chi connectivity index (χ3v) is 9.67. The number of ether oxygens (including phenoxy) is 1. The molecule has 50 heavy (non-hydrogen) atoms. The second-order valence-corrected chi connectivity index (χ2v) is 14.8. The van der Waals surface area contributed by atoms with Gasteiger partial charge in [-0.05, 0) is 59.8 Å². The number of primary amides is 1. The molecule has 5 rings (SSSR count). The molecule has 2 unspecified atom stereocenters. The Bertz CT molecular complexity index is 1630. The van der Waals surface area contributed by atoms with E-state index in [9.17, 15) is 19.2 Å². The molecule has 0 spiro atoms. The Morgan fingerprint density at radius 1 is 0.900 bits per heavy atom. The molecule has 3 aromatic carbocycles. The van der Waals surface area contributed by atoms with Gasteiger partial charge in [0.1, 0.15) is 11.6 Å². The number of hydrogen-bond donors (Lipinski definition) is 5. The minimum Gasteiger partial charge on any atom is -0.372 e. The summed E-state index contributed by atoms with van der Waals surface area (Å²) in [6.45, 7) is 6.64. The quantitative estimate of drug-likeness (QED) is 0.164. The molecule has 0 saturated carbocycles. The molecule has 6 N–H and O–H groups in total. The van der Waals surface area contributed by atoms with Crippen molar-refractivity contribution in [2.24, 2.45) is 17.1 Å². The van der Waals surface area contributed by atoms with Crippen molar-refractivity contribution < 1.29 is 23.9 Å². The Labute approximate surface area is 295 Å². The summed E-state index contributed by atoms with van der Waals surface area (Å²) in [6, 6.07) is 26.3. The molecule has 1 saturated heterocycles. The molecule has 10 heteroatoms. The first kappa shape index (κ1) is 36.7. The van der Waals surface area contributed by atoms with Gasteiger partial charge in [-0.25, -0.2) is 0 Å². The number of rotatable bonds is 15. The molecule has 0 bridgehead atoms. The first-order valence-electron chi connectivity index (χ1n) is 17.6. The second-order valence-electron chi connectivity index (χ2n) is 14.8. The van der Waals surface area contributed by atoms with Crippen molar-refractivity contribution in [1.29, 1.82) is 0 Å². The van der Waals surface area contributed by atoms with Gasteiger partial charge in [-0.3, -0.25) is 24.5 Å². The molecule has 10 nitrogen and oxygen atoms in total. The van der Waals surface area contributed by atoms with Crippen molar-refractivity contribution in [2.75, 3.05) is 13.2 Å². The number of benzene rings is 3. The lowest BCUT2D eigenvalue weighted by atomic mass is 9.76. The highest BCUT2D eigenvalue weighted by molar-refractivity contribution is 5.93. The van der Waals surface area contributed by atoms with Gasteiger partial charge < -0.3 is 26.4 Å². The summed E-state index contributed by atoms with van der Waals surface area (Å²) >= 11 is 0. The van der Waals surface area contributed by atoms with E-state index in [2.05, 4.69) is 27.3 Å². The van der Waals surface area contributed by atoms with Crippen molar-refractivity contribution in [3.05, 3.63) is 107 Å². The predicted octanol–water partition coefficient (Wildman–Crippen LogP) is 3.88.